The number of aliphatic hydroxyl groups is 4. The van der Waals surface area contributed by atoms with Crippen molar-refractivity contribution in [1.29, 1.82) is 0 Å². The zero-order valence-corrected chi connectivity index (χ0v) is 10.9. The number of nitrogens with two attached hydrogens (primary N) is 1. The summed E-state index contributed by atoms with van der Waals surface area (Å²) in [6.07, 6.45) is -2.22. The van der Waals surface area contributed by atoms with Crippen molar-refractivity contribution in [1.82, 2.24) is 5.32 Å². The lowest BCUT2D eigenvalue weighted by Gasteiger charge is -2.26. The van der Waals surface area contributed by atoms with Crippen LogP contribution in [0.4, 0.5) is 0 Å². The molecule has 20 heavy (non-hydrogen) atoms. The third kappa shape index (κ3) is 6.48. The highest BCUT2D eigenvalue weighted by atomic mass is 16.4. The first kappa shape index (κ1) is 18.3. The van der Waals surface area contributed by atoms with Crippen LogP contribution in [0.1, 0.15) is 13.3 Å². The van der Waals surface area contributed by atoms with Gasteiger partial charge in [0.1, 0.15) is 6.10 Å². The summed E-state index contributed by atoms with van der Waals surface area (Å²) in [5.74, 6) is -3.07. The lowest BCUT2D eigenvalue weighted by Crippen LogP contribution is -2.49. The molecule has 0 aliphatic heterocycles. The van der Waals surface area contributed by atoms with E-state index >= 15 is 0 Å². The molecule has 4 atom stereocenters. The molecule has 0 saturated heterocycles. The molecule has 0 radical (unpaired) electrons. The maximum absolute atomic E-state index is 11.0. The van der Waals surface area contributed by atoms with Crippen molar-refractivity contribution >= 4 is 11.9 Å². The fourth-order valence-corrected chi connectivity index (χ4v) is 1.48. The predicted octanol–water partition coefficient (Wildman–Crippen LogP) is -2.55. The number of carboxylic acids is 1. The molecular weight excluding hydrogens is 272 g/mol. The minimum atomic E-state index is -1.59. The van der Waals surface area contributed by atoms with Crippen molar-refractivity contribution in [3.05, 3.63) is 11.8 Å². The number of rotatable bonds is 8. The Morgan fingerprint density at radius 2 is 1.80 bits per heavy atom. The smallest absolute Gasteiger partial charge is 0.370 e. The summed E-state index contributed by atoms with van der Waals surface area (Å²) in [6.45, 7) is 0.509. The zero-order chi connectivity index (χ0) is 15.9. The minimum Gasteiger partial charge on any atom is -0.502 e. The standard InChI is InChI=1S/C11H20N2O7/c1-5(15)13-7(3-8(16)10(18)4-14)6(12)2-9(17)11(19)20/h2,6-8,10,14,16-18H,3-4,12H2,1H3,(H,13,15)(H,19,20)/b9-2-/t6?,7?,8-,10+/m0/s1. The molecular formula is C11H20N2O7. The fourth-order valence-electron chi connectivity index (χ4n) is 1.48. The molecule has 0 aliphatic rings. The number of hydrogen-bond donors (Lipinski definition) is 7. The molecule has 8 N–H and O–H groups in total. The lowest BCUT2D eigenvalue weighted by molar-refractivity contribution is -0.135. The first-order chi connectivity index (χ1) is 9.18. The van der Waals surface area contributed by atoms with E-state index in [1.165, 1.54) is 6.92 Å². The van der Waals surface area contributed by atoms with E-state index in [2.05, 4.69) is 5.32 Å². The van der Waals surface area contributed by atoms with E-state index in [0.717, 1.165) is 6.08 Å². The molecule has 1 amide bonds. The van der Waals surface area contributed by atoms with Gasteiger partial charge in [-0.05, 0) is 12.5 Å². The highest BCUT2D eigenvalue weighted by Crippen LogP contribution is 2.08. The summed E-state index contributed by atoms with van der Waals surface area (Å²) in [4.78, 5) is 21.5. The van der Waals surface area contributed by atoms with Crippen LogP contribution in [-0.4, -0.2) is 68.3 Å². The second kappa shape index (κ2) is 8.48. The Morgan fingerprint density at radius 3 is 2.20 bits per heavy atom. The first-order valence-electron chi connectivity index (χ1n) is 5.82. The number of nitrogens with one attached hydrogen (secondary N) is 1. The predicted molar refractivity (Wildman–Crippen MR) is 67.6 cm³/mol. The molecule has 0 aromatic heterocycles. The van der Waals surface area contributed by atoms with Gasteiger partial charge in [-0.3, -0.25) is 4.79 Å². The second-order valence-electron chi connectivity index (χ2n) is 4.29. The molecule has 0 aromatic carbocycles. The van der Waals surface area contributed by atoms with Crippen LogP contribution >= 0.6 is 0 Å². The summed E-state index contributed by atoms with van der Waals surface area (Å²) >= 11 is 0. The highest BCUT2D eigenvalue weighted by molar-refractivity contribution is 5.83. The Balaban J connectivity index is 4.91. The molecule has 2 unspecified atom stereocenters. The normalized spacial score (nSPS) is 17.9. The molecule has 0 aromatic rings. The van der Waals surface area contributed by atoms with Gasteiger partial charge in [-0.15, -0.1) is 0 Å². The van der Waals surface area contributed by atoms with E-state index in [-0.39, 0.29) is 6.42 Å². The zero-order valence-electron chi connectivity index (χ0n) is 10.9. The van der Waals surface area contributed by atoms with Crippen molar-refractivity contribution in [3.63, 3.8) is 0 Å². The maximum atomic E-state index is 11.0. The molecule has 0 bridgehead atoms. The van der Waals surface area contributed by atoms with E-state index in [0.29, 0.717) is 0 Å². The molecule has 0 spiro atoms. The van der Waals surface area contributed by atoms with Crippen molar-refractivity contribution in [2.45, 2.75) is 37.6 Å². The molecule has 0 heterocycles. The Morgan fingerprint density at radius 1 is 1.25 bits per heavy atom. The van der Waals surface area contributed by atoms with Crippen LogP contribution in [0.2, 0.25) is 0 Å². The highest BCUT2D eigenvalue weighted by Gasteiger charge is 2.25. The fraction of sp³-hybridized carbons (Fsp3) is 0.636. The molecule has 0 saturated carbocycles. The maximum Gasteiger partial charge on any atom is 0.370 e. The van der Waals surface area contributed by atoms with Crippen LogP contribution < -0.4 is 11.1 Å². The topological polar surface area (TPSA) is 173 Å². The molecule has 0 fully saturated rings. The average molecular weight is 292 g/mol. The van der Waals surface area contributed by atoms with E-state index in [9.17, 15) is 19.8 Å². The van der Waals surface area contributed by atoms with Crippen LogP contribution in [0.25, 0.3) is 0 Å². The Hall–Kier alpha value is -1.68. The molecule has 116 valence electrons. The third-order valence-corrected chi connectivity index (χ3v) is 2.55. The summed E-state index contributed by atoms with van der Waals surface area (Å²) in [6, 6.07) is -2.03. The largest absolute Gasteiger partial charge is 0.502 e. The number of hydrogen-bond acceptors (Lipinski definition) is 7. The van der Waals surface area contributed by atoms with Gasteiger partial charge in [0, 0.05) is 13.0 Å². The van der Waals surface area contributed by atoms with Crippen molar-refractivity contribution in [2.75, 3.05) is 6.61 Å². The third-order valence-electron chi connectivity index (χ3n) is 2.55. The quantitative estimate of drug-likeness (QED) is 0.189. The van der Waals surface area contributed by atoms with Crippen molar-refractivity contribution in [2.24, 2.45) is 5.73 Å². The van der Waals surface area contributed by atoms with Gasteiger partial charge in [0.05, 0.1) is 18.8 Å². The van der Waals surface area contributed by atoms with E-state index in [1.54, 1.807) is 0 Å². The summed E-state index contributed by atoms with van der Waals surface area (Å²) in [5, 5.41) is 47.5. The van der Waals surface area contributed by atoms with Gasteiger partial charge in [-0.25, -0.2) is 4.79 Å². The van der Waals surface area contributed by atoms with Crippen LogP contribution in [-0.2, 0) is 9.59 Å². The van der Waals surface area contributed by atoms with Gasteiger partial charge in [0.25, 0.3) is 0 Å². The summed E-state index contributed by atoms with van der Waals surface area (Å²) < 4.78 is 0. The number of aliphatic hydroxyl groups excluding tert-OH is 4. The Labute approximate surface area is 115 Å². The Kier molecular flexibility index (Phi) is 7.77. The van der Waals surface area contributed by atoms with Crippen molar-refractivity contribution in [3.8, 4) is 0 Å². The van der Waals surface area contributed by atoms with Gasteiger partial charge in [-0.2, -0.15) is 0 Å². The SMILES string of the molecule is CC(=O)NC(C[C@H](O)[C@H](O)CO)C(N)/C=C(\O)C(=O)O. The molecule has 9 nitrogen and oxygen atoms in total. The van der Waals surface area contributed by atoms with Gasteiger partial charge in [-0.1, -0.05) is 0 Å². The minimum absolute atomic E-state index is 0.230. The monoisotopic (exact) mass is 292 g/mol. The van der Waals surface area contributed by atoms with Crippen LogP contribution in [0.5, 0.6) is 0 Å². The first-order valence-corrected chi connectivity index (χ1v) is 5.82. The Bertz CT molecular complexity index is 372. The number of carbonyl (C=O) groups excluding carboxylic acids is 1. The number of aliphatic carboxylic acids is 1. The molecule has 0 rings (SSSR count). The van der Waals surface area contributed by atoms with Gasteiger partial charge >= 0.3 is 5.97 Å². The lowest BCUT2D eigenvalue weighted by atomic mass is 9.98. The number of carboxylic acid groups (broad SMARTS) is 1. The van der Waals surface area contributed by atoms with Crippen LogP contribution in [0.15, 0.2) is 11.8 Å². The number of amides is 1. The average Bonchev–Trinajstić information content (AvgIpc) is 2.35. The van der Waals surface area contributed by atoms with Gasteiger partial charge < -0.3 is 36.6 Å². The summed E-state index contributed by atoms with van der Waals surface area (Å²) in [5.41, 5.74) is 5.63. The molecule has 0 aliphatic carbocycles. The molecule has 9 heteroatoms. The van der Waals surface area contributed by atoms with Crippen LogP contribution in [0.3, 0.4) is 0 Å². The number of carbonyl (C=O) groups is 2. The second-order valence-corrected chi connectivity index (χ2v) is 4.29. The van der Waals surface area contributed by atoms with Gasteiger partial charge in [0.15, 0.2) is 5.76 Å². The van der Waals surface area contributed by atoms with Crippen molar-refractivity contribution < 1.29 is 35.1 Å². The van der Waals surface area contributed by atoms with E-state index < -0.39 is 48.5 Å². The van der Waals surface area contributed by atoms with Gasteiger partial charge in [0.2, 0.25) is 5.91 Å². The van der Waals surface area contributed by atoms with Crippen LogP contribution in [0, 0.1) is 0 Å². The van der Waals surface area contributed by atoms with E-state index in [1.807, 2.05) is 0 Å². The van der Waals surface area contributed by atoms with E-state index in [4.69, 9.17) is 21.1 Å². The summed E-state index contributed by atoms with van der Waals surface area (Å²) in [7, 11) is 0.